The lowest BCUT2D eigenvalue weighted by molar-refractivity contribution is -0.141. The number of nitriles is 4. The third-order valence-corrected chi connectivity index (χ3v) is 26.9. The average molecular weight is 2170 g/mol. The van der Waals surface area contributed by atoms with Crippen LogP contribution in [0.5, 0.6) is 46.0 Å². The molecule has 8 aromatic rings. The Morgan fingerprint density at radius 3 is 0.891 bits per heavy atom. The lowest BCUT2D eigenvalue weighted by Gasteiger charge is -2.41. The summed E-state index contributed by atoms with van der Waals surface area (Å²) in [7, 11) is 0. The first-order chi connectivity index (χ1) is 69.5. The Morgan fingerprint density at radius 2 is 0.633 bits per heavy atom. The van der Waals surface area contributed by atoms with Crippen LogP contribution in [0.4, 0.5) is 49.9 Å². The molecule has 4 saturated heterocycles. The molecule has 8 heterocycles. The number of carbonyl (C=O) groups is 6. The van der Waals surface area contributed by atoms with E-state index in [2.05, 4.69) is 64.7 Å². The molecular formula is C110H125BrCl4F4N12O16. The third-order valence-electron chi connectivity index (χ3n) is 25.7. The molecule has 0 aromatic heterocycles. The summed E-state index contributed by atoms with van der Waals surface area (Å²) in [6, 6.07) is 47.3. The zero-order valence-corrected chi connectivity index (χ0v) is 89.5. The maximum absolute atomic E-state index is 13.7. The van der Waals surface area contributed by atoms with Crippen LogP contribution in [0, 0.1) is 90.3 Å². The number of benzene rings is 8. The Bertz CT molecular complexity index is 6010. The number of nitrogens with one attached hydrogen (secondary N) is 2. The van der Waals surface area contributed by atoms with Crippen LogP contribution in [0.1, 0.15) is 171 Å². The maximum Gasteiger partial charge on any atom is 0.415 e. The molecule has 0 bridgehead atoms. The minimum absolute atomic E-state index is 0.0331. The highest BCUT2D eigenvalue weighted by Crippen LogP contribution is 2.49. The predicted octanol–water partition coefficient (Wildman–Crippen LogP) is 22.6. The second-order valence-electron chi connectivity index (χ2n) is 41.0. The molecule has 4 atom stereocenters. The van der Waals surface area contributed by atoms with E-state index in [9.17, 15) is 72.5 Å². The van der Waals surface area contributed by atoms with E-state index in [0.717, 1.165) is 33.6 Å². The van der Waals surface area contributed by atoms with Gasteiger partial charge in [-0.25, -0.2) is 27.2 Å². The highest BCUT2D eigenvalue weighted by atomic mass is 79.9. The zero-order valence-electron chi connectivity index (χ0n) is 84.9. The lowest BCUT2D eigenvalue weighted by atomic mass is 9.75. The lowest BCUT2D eigenvalue weighted by Crippen LogP contribution is -2.54. The van der Waals surface area contributed by atoms with Crippen molar-refractivity contribution in [2.75, 3.05) is 99.0 Å². The fourth-order valence-electron chi connectivity index (χ4n) is 18.2. The molecule has 0 radical (unpaired) electrons. The molecule has 6 amide bonds. The van der Waals surface area contributed by atoms with Gasteiger partial charge in [-0.2, -0.15) is 21.0 Å². The van der Waals surface area contributed by atoms with Crippen LogP contribution in [0.25, 0.3) is 0 Å². The second kappa shape index (κ2) is 49.1. The highest BCUT2D eigenvalue weighted by Gasteiger charge is 2.48. The highest BCUT2D eigenvalue weighted by molar-refractivity contribution is 9.09. The Hall–Kier alpha value is -12.5. The van der Waals surface area contributed by atoms with E-state index in [0.29, 0.717) is 203 Å². The Balaban J connectivity index is 0.000000172. The number of aromatic hydroxyl groups is 1. The number of nitrogens with zero attached hydrogens (tertiary/aromatic N) is 10. The monoisotopic (exact) mass is 2160 g/mol. The van der Waals surface area contributed by atoms with Crippen LogP contribution >= 0.6 is 62.3 Å². The van der Waals surface area contributed by atoms with Crippen molar-refractivity contribution in [2.45, 2.75) is 233 Å². The SMILES string of the molecule is CC(C)(C)OC(=O)N1CC(C(=O)N2CCC(C#N)(Cc3ccc(F)cc3)CC2)Oc2cc(O)c(Cl)cc21.CC(C)Br.CC(C)Oc1cc2c(cc1Cl)N(C(=O)OC(C)(C)C)CC(C(=O)N1CCC(C#N)(Cc3ccc(F)cc3)CC1)O2.CC(C)Oc1cc2c(cc1Cl)NCC(C(=O)N1CCC(C#N)(Cc3ccc(F)cc3)CC1)O2.CC(C)Oc1cc2c(cc1Cl)NCC(C(=O)N1CCC(C#N)(Cc3ccc(F)cc3)CC1)O2. The molecule has 4 fully saturated rings. The summed E-state index contributed by atoms with van der Waals surface area (Å²) in [6.45, 7) is 29.8. The van der Waals surface area contributed by atoms with Crippen molar-refractivity contribution in [1.82, 2.24) is 19.6 Å². The molecule has 147 heavy (non-hydrogen) atoms. The van der Waals surface area contributed by atoms with Crippen molar-refractivity contribution in [3.8, 4) is 70.3 Å². The molecule has 3 N–H and O–H groups in total. The predicted molar refractivity (Wildman–Crippen MR) is 556 cm³/mol. The van der Waals surface area contributed by atoms with Gasteiger partial charge < -0.3 is 78.0 Å². The maximum atomic E-state index is 13.7. The van der Waals surface area contributed by atoms with Crippen molar-refractivity contribution >= 4 is 121 Å². The van der Waals surface area contributed by atoms with E-state index in [-0.39, 0.29) is 101 Å². The summed E-state index contributed by atoms with van der Waals surface area (Å²) < 4.78 is 106. The van der Waals surface area contributed by atoms with Gasteiger partial charge in [0.15, 0.2) is 24.4 Å². The molecule has 37 heteroatoms. The molecule has 784 valence electrons. The summed E-state index contributed by atoms with van der Waals surface area (Å²) in [4.78, 5) is 89.8. The van der Waals surface area contributed by atoms with E-state index >= 15 is 0 Å². The molecule has 4 unspecified atom stereocenters. The van der Waals surface area contributed by atoms with E-state index in [4.69, 9.17) is 89.0 Å². The molecule has 0 spiro atoms. The van der Waals surface area contributed by atoms with E-state index < -0.39 is 69.5 Å². The molecule has 0 aliphatic carbocycles. The standard InChI is InChI=1S/C30H35ClFN3O5.C27H29ClFN3O5.2C25H27ClFN3O3.C3H7Br/c1-19(2)38-24-15-25-23(14-22(24)31)35(28(37)40-29(3,4)5)17-26(39-25)27(36)34-12-10-30(18-33,11-13-34)16-20-6-8-21(32)9-7-20;1-26(2,3)37-25(35)32-15-23(36-22-13-21(33)19(28)12-20(22)32)24(34)31-10-8-27(16-30,9-11-31)14-17-4-6-18(29)7-5-17;2*1-16(2)32-21-12-22-20(11-19(21)26)29-14-23(33-22)24(31)30-9-7-25(15-28,8-10-30)13-17-3-5-18(27)6-4-17;1-3(2)4/h6-9,14-15,19,26H,10-13,16-17H2,1-5H3;4-7,12-13,23,33H,8-11,14-15H2,1-3H3;2*3-6,11-12,16,23,29H,7-10,13-14H2,1-2H3;3H,1-2H3. The number of piperidine rings is 4. The minimum atomic E-state index is -1.03. The van der Waals surface area contributed by atoms with E-state index in [1.54, 1.807) is 146 Å². The van der Waals surface area contributed by atoms with E-state index in [1.165, 1.54) is 70.5 Å². The van der Waals surface area contributed by atoms with Gasteiger partial charge >= 0.3 is 12.2 Å². The molecule has 28 nitrogen and oxygen atoms in total. The summed E-state index contributed by atoms with van der Waals surface area (Å²) in [5, 5.41) is 57.5. The van der Waals surface area contributed by atoms with Crippen LogP contribution in [-0.4, -0.2) is 198 Å². The number of hydrogen-bond donors (Lipinski definition) is 3. The van der Waals surface area contributed by atoms with Crippen molar-refractivity contribution in [1.29, 1.82) is 21.0 Å². The minimum Gasteiger partial charge on any atom is -0.506 e. The molecule has 8 aromatic carbocycles. The first kappa shape index (κ1) is 113. The smallest absolute Gasteiger partial charge is 0.415 e. The summed E-state index contributed by atoms with van der Waals surface area (Å²) in [5.74, 6) is 0.564. The van der Waals surface area contributed by atoms with Crippen LogP contribution in [0.15, 0.2) is 146 Å². The van der Waals surface area contributed by atoms with Crippen molar-refractivity contribution in [3.63, 3.8) is 0 Å². The fourth-order valence-corrected chi connectivity index (χ4v) is 19.0. The number of ether oxygens (including phenoxy) is 9. The molecule has 8 aliphatic heterocycles. The zero-order chi connectivity index (χ0) is 107. The van der Waals surface area contributed by atoms with Crippen LogP contribution < -0.4 is 53.6 Å². The van der Waals surface area contributed by atoms with E-state index in [1.807, 2.05) is 41.5 Å². The number of hydrogen-bond acceptors (Lipinski definition) is 22. The molecular weight excluding hydrogens is 2040 g/mol. The second-order valence-corrected chi connectivity index (χ2v) is 44.5. The van der Waals surface area contributed by atoms with Crippen molar-refractivity contribution in [3.05, 3.63) is 211 Å². The third kappa shape index (κ3) is 30.4. The van der Waals surface area contributed by atoms with Crippen LogP contribution in [0.2, 0.25) is 20.1 Å². The normalized spacial score (nSPS) is 18.6. The quantitative estimate of drug-likeness (QED) is 0.0530. The number of alkyl halides is 1. The van der Waals surface area contributed by atoms with Gasteiger partial charge in [0.2, 0.25) is 0 Å². The average Bonchev–Trinajstić information content (AvgIpc) is 0.422. The number of fused-ring (bicyclic) bond motifs is 4. The largest absolute Gasteiger partial charge is 0.506 e. The van der Waals surface area contributed by atoms with Gasteiger partial charge in [0.05, 0.1) is 133 Å². The van der Waals surface area contributed by atoms with Crippen molar-refractivity contribution in [2.24, 2.45) is 21.7 Å². The van der Waals surface area contributed by atoms with Gasteiger partial charge in [-0.3, -0.25) is 29.0 Å². The number of rotatable bonds is 18. The number of phenols is 1. The van der Waals surface area contributed by atoms with Crippen LogP contribution in [-0.2, 0) is 54.3 Å². The Labute approximate surface area is 884 Å². The topological polar surface area (TPSA) is 344 Å². The Kier molecular flexibility index (Phi) is 37.8. The fraction of sp³-hybridized carbons (Fsp3) is 0.473. The van der Waals surface area contributed by atoms with Gasteiger partial charge in [-0.15, -0.1) is 0 Å². The first-order valence-electron chi connectivity index (χ1n) is 49.1. The van der Waals surface area contributed by atoms with Gasteiger partial charge in [-0.1, -0.05) is 125 Å². The molecule has 8 aliphatic rings. The summed E-state index contributed by atoms with van der Waals surface area (Å²) in [6.07, 6.45) is 1.21. The number of halogens is 9. The molecule has 0 saturated carbocycles. The number of likely N-dealkylation sites (tertiary alicyclic amines) is 4. The van der Waals surface area contributed by atoms with Crippen molar-refractivity contribution < 1.29 is 94.1 Å². The van der Waals surface area contributed by atoms with Gasteiger partial charge in [0, 0.05) is 81.5 Å². The number of carbonyl (C=O) groups excluding carboxylic acids is 6. The summed E-state index contributed by atoms with van der Waals surface area (Å²) >= 11 is 28.4. The Morgan fingerprint density at radius 1 is 0.395 bits per heavy atom. The van der Waals surface area contributed by atoms with Gasteiger partial charge in [0.25, 0.3) is 23.6 Å². The van der Waals surface area contributed by atoms with Gasteiger partial charge in [0.1, 0.15) is 80.5 Å². The number of phenolic OH excluding ortho intramolecular Hbond substituents is 1. The van der Waals surface area contributed by atoms with Crippen LogP contribution in [0.3, 0.4) is 0 Å². The number of anilines is 4. The first-order valence-corrected chi connectivity index (χ1v) is 51.5. The molecule has 16 rings (SSSR count). The number of amides is 6. The summed E-state index contributed by atoms with van der Waals surface area (Å²) in [5.41, 5.74) is 1.75. The van der Waals surface area contributed by atoms with Gasteiger partial charge in [-0.05, 0) is 255 Å².